The van der Waals surface area contributed by atoms with Gasteiger partial charge in [-0.15, -0.1) is 11.3 Å². The first-order valence-corrected chi connectivity index (χ1v) is 9.91. The minimum atomic E-state index is -4.51. The maximum Gasteiger partial charge on any atom is 0.417 e. The first kappa shape index (κ1) is 21.4. The zero-order chi connectivity index (χ0) is 21.2. The number of nitrogens with zero attached hydrogens (tertiary/aromatic N) is 2. The van der Waals surface area contributed by atoms with Crippen molar-refractivity contribution >= 4 is 46.3 Å². The van der Waals surface area contributed by atoms with Crippen LogP contribution in [0.2, 0.25) is 5.02 Å². The van der Waals surface area contributed by atoms with Gasteiger partial charge in [-0.05, 0) is 30.4 Å². The molecule has 6 nitrogen and oxygen atoms in total. The van der Waals surface area contributed by atoms with E-state index in [4.69, 9.17) is 11.6 Å². The molecule has 1 amide bonds. The van der Waals surface area contributed by atoms with Crippen molar-refractivity contribution in [3.05, 3.63) is 39.2 Å². The lowest BCUT2D eigenvalue weighted by molar-refractivity contribution is -0.137. The number of halogens is 4. The number of anilines is 2. The predicted octanol–water partition coefficient (Wildman–Crippen LogP) is 4.46. The summed E-state index contributed by atoms with van der Waals surface area (Å²) in [5.74, 6) is -0.776. The highest BCUT2D eigenvalue weighted by molar-refractivity contribution is 7.12. The third-order valence-electron chi connectivity index (χ3n) is 4.61. The summed E-state index contributed by atoms with van der Waals surface area (Å²) in [6, 6.07) is 2.49. The SMILES string of the molecule is COC(=O)c1sccc1NC(=O)C1CCN(c2ncc(C(F)(F)F)cc2Cl)CC1. The fourth-order valence-electron chi connectivity index (χ4n) is 3.07. The van der Waals surface area contributed by atoms with Crippen LogP contribution in [0, 0.1) is 5.92 Å². The first-order valence-electron chi connectivity index (χ1n) is 8.65. The van der Waals surface area contributed by atoms with E-state index >= 15 is 0 Å². The Morgan fingerprint density at radius 1 is 1.34 bits per heavy atom. The van der Waals surface area contributed by atoms with Gasteiger partial charge in [-0.2, -0.15) is 13.2 Å². The van der Waals surface area contributed by atoms with Crippen molar-refractivity contribution in [3.63, 3.8) is 0 Å². The quantitative estimate of drug-likeness (QED) is 0.701. The summed E-state index contributed by atoms with van der Waals surface area (Å²) >= 11 is 7.17. The number of rotatable bonds is 4. The van der Waals surface area contributed by atoms with Crippen LogP contribution in [-0.2, 0) is 15.7 Å². The number of hydrogen-bond donors (Lipinski definition) is 1. The Balaban J connectivity index is 1.61. The number of alkyl halides is 3. The standard InChI is InChI=1S/C18H17ClF3N3O3S/c1-28-17(27)14-13(4-7-29-14)24-16(26)10-2-5-25(6-3-10)15-12(19)8-11(9-23-15)18(20,21)22/h4,7-10H,2-3,5-6H2,1H3,(H,24,26). The summed E-state index contributed by atoms with van der Waals surface area (Å²) in [4.78, 5) is 30.2. The van der Waals surface area contributed by atoms with Crippen molar-refractivity contribution in [1.82, 2.24) is 4.98 Å². The van der Waals surface area contributed by atoms with E-state index in [1.165, 1.54) is 18.4 Å². The van der Waals surface area contributed by atoms with Crippen molar-refractivity contribution in [1.29, 1.82) is 0 Å². The average molecular weight is 448 g/mol. The Labute approximate surface area is 173 Å². The number of amides is 1. The number of nitrogens with one attached hydrogen (secondary N) is 1. The van der Waals surface area contributed by atoms with Gasteiger partial charge in [0.05, 0.1) is 23.4 Å². The molecule has 1 aliphatic rings. The monoisotopic (exact) mass is 447 g/mol. The normalized spacial score (nSPS) is 15.3. The van der Waals surface area contributed by atoms with Crippen molar-refractivity contribution < 1.29 is 27.5 Å². The van der Waals surface area contributed by atoms with Crippen LogP contribution in [0.4, 0.5) is 24.7 Å². The van der Waals surface area contributed by atoms with Crippen LogP contribution in [0.1, 0.15) is 28.1 Å². The van der Waals surface area contributed by atoms with E-state index in [0.29, 0.717) is 36.5 Å². The Kier molecular flexibility index (Phi) is 6.33. The smallest absolute Gasteiger partial charge is 0.417 e. The molecule has 0 unspecified atom stereocenters. The minimum Gasteiger partial charge on any atom is -0.465 e. The molecule has 1 aliphatic heterocycles. The summed E-state index contributed by atoms with van der Waals surface area (Å²) in [6.07, 6.45) is -2.80. The number of thiophene rings is 1. The van der Waals surface area contributed by atoms with E-state index in [9.17, 15) is 22.8 Å². The van der Waals surface area contributed by atoms with Gasteiger partial charge in [0.2, 0.25) is 5.91 Å². The third kappa shape index (κ3) is 4.81. The molecule has 0 aliphatic carbocycles. The molecule has 1 saturated heterocycles. The lowest BCUT2D eigenvalue weighted by Crippen LogP contribution is -2.38. The molecule has 0 aromatic carbocycles. The molecule has 0 atom stereocenters. The molecule has 156 valence electrons. The maximum absolute atomic E-state index is 12.8. The molecule has 3 heterocycles. The van der Waals surface area contributed by atoms with E-state index in [0.717, 1.165) is 12.3 Å². The van der Waals surface area contributed by atoms with Crippen LogP contribution >= 0.6 is 22.9 Å². The fourth-order valence-corrected chi connectivity index (χ4v) is 4.12. The molecule has 29 heavy (non-hydrogen) atoms. The van der Waals surface area contributed by atoms with Crippen molar-refractivity contribution in [2.75, 3.05) is 30.4 Å². The average Bonchev–Trinajstić information content (AvgIpc) is 3.15. The number of esters is 1. The molecule has 2 aromatic rings. The molecule has 1 fully saturated rings. The molecule has 3 rings (SSSR count). The second-order valence-corrected chi connectivity index (χ2v) is 7.76. The number of methoxy groups -OCH3 is 1. The number of aromatic nitrogens is 1. The molecule has 1 N–H and O–H groups in total. The van der Waals surface area contributed by atoms with Gasteiger partial charge in [0.25, 0.3) is 0 Å². The molecular weight excluding hydrogens is 431 g/mol. The van der Waals surface area contributed by atoms with Gasteiger partial charge in [0.1, 0.15) is 10.7 Å². The Bertz CT molecular complexity index is 911. The number of ether oxygens (including phenoxy) is 1. The van der Waals surface area contributed by atoms with Crippen molar-refractivity contribution in [2.45, 2.75) is 19.0 Å². The van der Waals surface area contributed by atoms with E-state index in [1.807, 2.05) is 0 Å². The highest BCUT2D eigenvalue weighted by Crippen LogP contribution is 2.35. The summed E-state index contributed by atoms with van der Waals surface area (Å²) < 4.78 is 43.0. The van der Waals surface area contributed by atoms with Gasteiger partial charge in [-0.25, -0.2) is 9.78 Å². The summed E-state index contributed by atoms with van der Waals surface area (Å²) in [5.41, 5.74) is -0.501. The molecule has 11 heteroatoms. The first-order chi connectivity index (χ1) is 13.7. The Morgan fingerprint density at radius 2 is 2.03 bits per heavy atom. The fraction of sp³-hybridized carbons (Fsp3) is 0.389. The predicted molar refractivity (Wildman–Crippen MR) is 103 cm³/mol. The maximum atomic E-state index is 12.8. The van der Waals surface area contributed by atoms with Crippen molar-refractivity contribution in [3.8, 4) is 0 Å². The van der Waals surface area contributed by atoms with E-state index in [2.05, 4.69) is 15.0 Å². The van der Waals surface area contributed by atoms with Gasteiger partial charge in [0.15, 0.2) is 0 Å². The molecular formula is C18H17ClF3N3O3S. The lowest BCUT2D eigenvalue weighted by atomic mass is 9.95. The third-order valence-corrected chi connectivity index (χ3v) is 5.78. The van der Waals surface area contributed by atoms with Crippen LogP contribution in [0.3, 0.4) is 0 Å². The van der Waals surface area contributed by atoms with Crippen molar-refractivity contribution in [2.24, 2.45) is 5.92 Å². The van der Waals surface area contributed by atoms with Crippen LogP contribution in [0.25, 0.3) is 0 Å². The number of carbonyl (C=O) groups is 2. The number of pyridine rings is 1. The molecule has 2 aromatic heterocycles. The number of carbonyl (C=O) groups excluding carboxylic acids is 2. The highest BCUT2D eigenvalue weighted by Gasteiger charge is 2.33. The van der Waals surface area contributed by atoms with Crippen LogP contribution in [0.5, 0.6) is 0 Å². The van der Waals surface area contributed by atoms with Crippen LogP contribution in [-0.4, -0.2) is 37.1 Å². The van der Waals surface area contributed by atoms with E-state index in [-0.39, 0.29) is 22.7 Å². The zero-order valence-electron chi connectivity index (χ0n) is 15.3. The van der Waals surface area contributed by atoms with Crippen LogP contribution < -0.4 is 10.2 Å². The van der Waals surface area contributed by atoms with E-state index in [1.54, 1.807) is 16.3 Å². The van der Waals surface area contributed by atoms with Crippen LogP contribution in [0.15, 0.2) is 23.7 Å². The molecule has 0 saturated carbocycles. The van der Waals surface area contributed by atoms with E-state index < -0.39 is 17.7 Å². The summed E-state index contributed by atoms with van der Waals surface area (Å²) in [6.45, 7) is 0.841. The zero-order valence-corrected chi connectivity index (χ0v) is 16.8. The second kappa shape index (κ2) is 8.58. The molecule has 0 spiro atoms. The minimum absolute atomic E-state index is 0.0799. The van der Waals surface area contributed by atoms with Gasteiger partial charge in [-0.3, -0.25) is 4.79 Å². The topological polar surface area (TPSA) is 71.5 Å². The summed E-state index contributed by atoms with van der Waals surface area (Å²) in [5, 5.41) is 4.35. The Morgan fingerprint density at radius 3 is 2.62 bits per heavy atom. The Hall–Kier alpha value is -2.33. The number of piperidine rings is 1. The van der Waals surface area contributed by atoms with Gasteiger partial charge < -0.3 is 15.0 Å². The molecule has 0 bridgehead atoms. The molecule has 0 radical (unpaired) electrons. The van der Waals surface area contributed by atoms with Gasteiger partial charge >= 0.3 is 12.1 Å². The van der Waals surface area contributed by atoms with Gasteiger partial charge in [0, 0.05) is 25.2 Å². The summed E-state index contributed by atoms with van der Waals surface area (Å²) in [7, 11) is 1.27. The number of hydrogen-bond acceptors (Lipinski definition) is 6. The lowest BCUT2D eigenvalue weighted by Gasteiger charge is -2.32. The second-order valence-electron chi connectivity index (χ2n) is 6.43. The highest BCUT2D eigenvalue weighted by atomic mass is 35.5. The largest absolute Gasteiger partial charge is 0.465 e. The van der Waals surface area contributed by atoms with Gasteiger partial charge in [-0.1, -0.05) is 11.6 Å².